The minimum Gasteiger partial charge on any atom is -0.318 e. The second-order valence-electron chi connectivity index (χ2n) is 8.12. The van der Waals surface area contributed by atoms with Crippen molar-refractivity contribution in [2.75, 3.05) is 4.90 Å². The van der Waals surface area contributed by atoms with Crippen molar-refractivity contribution in [2.45, 2.75) is 27.7 Å². The van der Waals surface area contributed by atoms with Gasteiger partial charge < -0.3 is 4.57 Å². The fourth-order valence-electron chi connectivity index (χ4n) is 4.09. The van der Waals surface area contributed by atoms with Crippen molar-refractivity contribution in [3.8, 4) is 5.69 Å². The van der Waals surface area contributed by atoms with E-state index in [-0.39, 0.29) is 11.3 Å². The molecule has 0 aliphatic carbocycles. The van der Waals surface area contributed by atoms with Gasteiger partial charge in [-0.2, -0.15) is 0 Å². The smallest absolute Gasteiger partial charge is 0.318 e. The number of barbiturate groups is 1. The van der Waals surface area contributed by atoms with Crippen molar-refractivity contribution in [1.29, 1.82) is 0 Å². The molecule has 1 aromatic heterocycles. The van der Waals surface area contributed by atoms with Crippen LogP contribution in [0.15, 0.2) is 54.1 Å². The number of aromatic nitrogens is 1. The minimum absolute atomic E-state index is 0.0468. The number of aryl methyl sites for hydroxylation is 2. The van der Waals surface area contributed by atoms with Gasteiger partial charge in [0.1, 0.15) is 5.57 Å². The summed E-state index contributed by atoms with van der Waals surface area (Å²) < 4.78 is 1.80. The first kappa shape index (κ1) is 22.7. The van der Waals surface area contributed by atoms with Gasteiger partial charge in [-0.15, -0.1) is 0 Å². The van der Waals surface area contributed by atoms with Gasteiger partial charge in [-0.3, -0.25) is 25.0 Å². The van der Waals surface area contributed by atoms with Crippen LogP contribution in [0.3, 0.4) is 0 Å². The fraction of sp³-hybridized carbons (Fsp3) is 0.160. The number of nitro benzene ring substituents is 1. The lowest BCUT2D eigenvalue weighted by Crippen LogP contribution is -2.54. The predicted octanol–water partition coefficient (Wildman–Crippen LogP) is 4.29. The van der Waals surface area contributed by atoms with Crippen LogP contribution in [0.2, 0.25) is 0 Å². The third-order valence-corrected chi connectivity index (χ3v) is 5.99. The van der Waals surface area contributed by atoms with E-state index in [1.807, 2.05) is 19.9 Å². The lowest BCUT2D eigenvalue weighted by molar-refractivity contribution is -0.384. The van der Waals surface area contributed by atoms with Gasteiger partial charge in [0.15, 0.2) is 0 Å². The van der Waals surface area contributed by atoms with Crippen LogP contribution in [0.25, 0.3) is 11.8 Å². The molecule has 0 radical (unpaired) electrons. The number of non-ortho nitro benzene ring substituents is 1. The largest absolute Gasteiger partial charge is 0.335 e. The van der Waals surface area contributed by atoms with Crippen molar-refractivity contribution >= 4 is 35.3 Å². The van der Waals surface area contributed by atoms with Gasteiger partial charge in [0.25, 0.3) is 17.5 Å². The van der Waals surface area contributed by atoms with Gasteiger partial charge in [0.2, 0.25) is 0 Å². The summed E-state index contributed by atoms with van der Waals surface area (Å²) in [6, 6.07) is 12.4. The zero-order valence-electron chi connectivity index (χ0n) is 19.1. The SMILES string of the molecule is Cc1cccc(N2C(=O)NC(=O)/C(=C\c3cc(C)n(-c4cccc([N+](=O)[O-])c4)c3C)C2=O)c1C. The highest BCUT2D eigenvalue weighted by molar-refractivity contribution is 6.39. The first-order valence-corrected chi connectivity index (χ1v) is 10.5. The van der Waals surface area contributed by atoms with Gasteiger partial charge >= 0.3 is 6.03 Å². The van der Waals surface area contributed by atoms with Gasteiger partial charge in [-0.1, -0.05) is 18.2 Å². The molecule has 0 unspecified atom stereocenters. The first-order valence-electron chi connectivity index (χ1n) is 10.5. The van der Waals surface area contributed by atoms with Crippen LogP contribution < -0.4 is 10.2 Å². The Morgan fingerprint density at radius 2 is 1.68 bits per heavy atom. The Morgan fingerprint density at radius 3 is 2.38 bits per heavy atom. The van der Waals surface area contributed by atoms with Crippen LogP contribution in [-0.2, 0) is 9.59 Å². The molecule has 0 bridgehead atoms. The first-order chi connectivity index (χ1) is 16.1. The molecule has 0 saturated carbocycles. The molecule has 0 atom stereocenters. The van der Waals surface area contributed by atoms with Gasteiger partial charge in [-0.25, -0.2) is 9.69 Å². The molecule has 0 spiro atoms. The van der Waals surface area contributed by atoms with E-state index in [1.54, 1.807) is 48.7 Å². The number of nitrogens with one attached hydrogen (secondary N) is 1. The third-order valence-electron chi connectivity index (χ3n) is 5.99. The predicted molar refractivity (Wildman–Crippen MR) is 127 cm³/mol. The maximum absolute atomic E-state index is 13.3. The Bertz CT molecular complexity index is 1420. The molecule has 1 fully saturated rings. The maximum Gasteiger partial charge on any atom is 0.335 e. The van der Waals surface area contributed by atoms with E-state index in [0.29, 0.717) is 22.6 Å². The number of nitrogens with zero attached hydrogens (tertiary/aromatic N) is 3. The van der Waals surface area contributed by atoms with Crippen molar-refractivity contribution in [2.24, 2.45) is 0 Å². The summed E-state index contributed by atoms with van der Waals surface area (Å²) in [5.74, 6) is -1.50. The number of hydrogen-bond acceptors (Lipinski definition) is 5. The van der Waals surface area contributed by atoms with Crippen molar-refractivity contribution < 1.29 is 19.3 Å². The monoisotopic (exact) mass is 458 g/mol. The minimum atomic E-state index is -0.803. The molecule has 9 nitrogen and oxygen atoms in total. The summed E-state index contributed by atoms with van der Waals surface area (Å²) in [6.07, 6.45) is 1.44. The van der Waals surface area contributed by atoms with E-state index in [4.69, 9.17) is 0 Å². The van der Waals surface area contributed by atoms with E-state index >= 15 is 0 Å². The van der Waals surface area contributed by atoms with Crippen LogP contribution in [0.4, 0.5) is 16.2 Å². The highest BCUT2D eigenvalue weighted by Gasteiger charge is 2.37. The summed E-state index contributed by atoms with van der Waals surface area (Å²) >= 11 is 0. The number of anilines is 1. The standard InChI is InChI=1S/C25H22N4O5/c1-14-7-5-10-22(16(14)3)28-24(31)21(23(30)26-25(28)32)12-18-11-15(2)27(17(18)4)19-8-6-9-20(13-19)29(33)34/h5-13H,1-4H3,(H,26,30,32)/b21-12+. The summed E-state index contributed by atoms with van der Waals surface area (Å²) in [5.41, 5.74) is 4.44. The molecule has 2 aromatic carbocycles. The Hall–Kier alpha value is -4.53. The number of carbonyl (C=O) groups is 3. The molecule has 1 saturated heterocycles. The zero-order valence-corrected chi connectivity index (χ0v) is 19.1. The molecule has 4 rings (SSSR count). The van der Waals surface area contributed by atoms with E-state index in [0.717, 1.165) is 21.7 Å². The molecule has 1 aliphatic heterocycles. The van der Waals surface area contributed by atoms with Crippen LogP contribution in [0.5, 0.6) is 0 Å². The van der Waals surface area contributed by atoms with Crippen molar-refractivity contribution in [3.63, 3.8) is 0 Å². The zero-order chi connectivity index (χ0) is 24.7. The molecule has 1 N–H and O–H groups in total. The van der Waals surface area contributed by atoms with Crippen LogP contribution in [-0.4, -0.2) is 27.3 Å². The molecule has 4 amide bonds. The van der Waals surface area contributed by atoms with Gasteiger partial charge in [-0.05, 0) is 68.7 Å². The number of hydrogen-bond donors (Lipinski definition) is 1. The maximum atomic E-state index is 13.3. The normalized spacial score (nSPS) is 15.1. The van der Waals surface area contributed by atoms with Crippen LogP contribution in [0, 0.1) is 37.8 Å². The molecule has 2 heterocycles. The van der Waals surface area contributed by atoms with E-state index in [2.05, 4.69) is 5.32 Å². The average molecular weight is 458 g/mol. The van der Waals surface area contributed by atoms with E-state index < -0.39 is 22.8 Å². The lowest BCUT2D eigenvalue weighted by Gasteiger charge is -2.28. The summed E-state index contributed by atoms with van der Waals surface area (Å²) in [4.78, 5) is 50.2. The van der Waals surface area contributed by atoms with Gasteiger partial charge in [0.05, 0.1) is 16.3 Å². The summed E-state index contributed by atoms with van der Waals surface area (Å²) in [6.45, 7) is 7.28. The van der Waals surface area contributed by atoms with Gasteiger partial charge in [0, 0.05) is 23.5 Å². The highest BCUT2D eigenvalue weighted by Crippen LogP contribution is 2.29. The Balaban J connectivity index is 1.79. The van der Waals surface area contributed by atoms with E-state index in [1.165, 1.54) is 18.2 Å². The van der Waals surface area contributed by atoms with E-state index in [9.17, 15) is 24.5 Å². The highest BCUT2D eigenvalue weighted by atomic mass is 16.6. The Kier molecular flexibility index (Phi) is 5.62. The number of urea groups is 1. The molecule has 34 heavy (non-hydrogen) atoms. The summed E-state index contributed by atoms with van der Waals surface area (Å²) in [5, 5.41) is 13.4. The number of benzene rings is 2. The Labute approximate surface area is 195 Å². The second-order valence-corrected chi connectivity index (χ2v) is 8.12. The molecular formula is C25H22N4O5. The molecule has 3 aromatic rings. The molecule has 9 heteroatoms. The second kappa shape index (κ2) is 8.43. The fourth-order valence-corrected chi connectivity index (χ4v) is 4.09. The third kappa shape index (κ3) is 3.77. The van der Waals surface area contributed by atoms with Crippen LogP contribution in [0.1, 0.15) is 28.1 Å². The van der Waals surface area contributed by atoms with Crippen molar-refractivity contribution in [3.05, 3.63) is 92.3 Å². The number of amides is 4. The number of carbonyl (C=O) groups excluding carboxylic acids is 3. The topological polar surface area (TPSA) is 115 Å². The molecular weight excluding hydrogens is 436 g/mol. The number of rotatable bonds is 4. The average Bonchev–Trinajstić information content (AvgIpc) is 3.06. The summed E-state index contributed by atoms with van der Waals surface area (Å²) in [7, 11) is 0. The lowest BCUT2D eigenvalue weighted by atomic mass is 10.0. The molecule has 172 valence electrons. The van der Waals surface area contributed by atoms with Crippen molar-refractivity contribution in [1.82, 2.24) is 9.88 Å². The quantitative estimate of drug-likeness (QED) is 0.271. The number of imide groups is 2. The number of nitro groups is 1. The Morgan fingerprint density at radius 1 is 0.971 bits per heavy atom. The molecule has 1 aliphatic rings. The van der Waals surface area contributed by atoms with Crippen LogP contribution >= 0.6 is 0 Å².